The van der Waals surface area contributed by atoms with Crippen molar-refractivity contribution in [2.75, 3.05) is 24.6 Å². The smallest absolute Gasteiger partial charge is 0.268 e. The zero-order chi connectivity index (χ0) is 29.9. The molecule has 1 saturated carbocycles. The van der Waals surface area contributed by atoms with Gasteiger partial charge in [-0.1, -0.05) is 37.8 Å². The van der Waals surface area contributed by atoms with Crippen molar-refractivity contribution in [2.45, 2.75) is 90.6 Å². The van der Waals surface area contributed by atoms with Crippen molar-refractivity contribution in [3.63, 3.8) is 0 Å². The van der Waals surface area contributed by atoms with Crippen LogP contribution in [-0.4, -0.2) is 53.1 Å². The van der Waals surface area contributed by atoms with Gasteiger partial charge in [-0.05, 0) is 87.6 Å². The molecule has 0 saturated heterocycles. The molecule has 0 bridgehead atoms. The molecule has 2 heterocycles. The van der Waals surface area contributed by atoms with Crippen molar-refractivity contribution in [2.24, 2.45) is 5.92 Å². The van der Waals surface area contributed by atoms with E-state index in [-0.39, 0.29) is 42.8 Å². The summed E-state index contributed by atoms with van der Waals surface area (Å²) >= 11 is 1.56. The van der Waals surface area contributed by atoms with E-state index in [1.807, 2.05) is 60.2 Å². The molecule has 42 heavy (non-hydrogen) atoms. The third-order valence-electron chi connectivity index (χ3n) is 8.30. The average molecular weight is 595 g/mol. The maximum Gasteiger partial charge on any atom is 0.268 e. The van der Waals surface area contributed by atoms with Crippen LogP contribution in [0, 0.1) is 12.8 Å². The number of aryl methyl sites for hydroxylation is 1. The van der Waals surface area contributed by atoms with E-state index in [2.05, 4.69) is 10.6 Å². The van der Waals surface area contributed by atoms with Gasteiger partial charge in [-0.25, -0.2) is 0 Å². The monoisotopic (exact) mass is 594 g/mol. The maximum absolute atomic E-state index is 13.5. The second-order valence-electron chi connectivity index (χ2n) is 11.4. The van der Waals surface area contributed by atoms with Crippen molar-refractivity contribution < 1.29 is 19.5 Å². The molecule has 0 atom stereocenters. The van der Waals surface area contributed by atoms with Gasteiger partial charge in [0, 0.05) is 37.3 Å². The molecule has 8 nitrogen and oxygen atoms in total. The minimum absolute atomic E-state index is 0.00354. The predicted molar refractivity (Wildman–Crippen MR) is 170 cm³/mol. The van der Waals surface area contributed by atoms with Crippen LogP contribution in [0.2, 0.25) is 0 Å². The Bertz CT molecular complexity index is 1320. The number of hydrogen-bond donors (Lipinski definition) is 3. The zero-order valence-corrected chi connectivity index (χ0v) is 25.9. The van der Waals surface area contributed by atoms with Crippen molar-refractivity contribution in [1.82, 2.24) is 15.2 Å². The predicted octanol–water partition coefficient (Wildman–Crippen LogP) is 5.80. The van der Waals surface area contributed by atoms with Crippen LogP contribution in [0.3, 0.4) is 0 Å². The van der Waals surface area contributed by atoms with E-state index in [4.69, 9.17) is 5.11 Å². The number of likely N-dealkylation sites (N-methyl/N-ethyl adjacent to an activating group) is 1. The van der Waals surface area contributed by atoms with Gasteiger partial charge in [0.2, 0.25) is 11.8 Å². The lowest BCUT2D eigenvalue weighted by molar-refractivity contribution is -0.126. The fourth-order valence-corrected chi connectivity index (χ4v) is 6.74. The molecule has 4 rings (SSSR count). The number of carbonyl (C=O) groups is 3. The van der Waals surface area contributed by atoms with Crippen LogP contribution >= 0.6 is 11.3 Å². The molecule has 0 unspecified atom stereocenters. The number of aliphatic hydroxyl groups excluding tert-OH is 1. The Balaban J connectivity index is 1.29. The first-order valence-electron chi connectivity index (χ1n) is 15.5. The summed E-state index contributed by atoms with van der Waals surface area (Å²) < 4.78 is 2.82. The van der Waals surface area contributed by atoms with Gasteiger partial charge in [-0.2, -0.15) is 0 Å². The van der Waals surface area contributed by atoms with E-state index in [9.17, 15) is 14.4 Å². The highest BCUT2D eigenvalue weighted by atomic mass is 32.1. The van der Waals surface area contributed by atoms with Gasteiger partial charge in [-0.15, -0.1) is 11.3 Å². The summed E-state index contributed by atoms with van der Waals surface area (Å²) in [4.78, 5) is 41.4. The minimum Gasteiger partial charge on any atom is -0.396 e. The number of fused-ring (bicyclic) bond motifs is 1. The van der Waals surface area contributed by atoms with E-state index in [1.54, 1.807) is 16.2 Å². The third kappa shape index (κ3) is 8.44. The number of anilines is 1. The fraction of sp³-hybridized carbons (Fsp3) is 0.545. The number of unbranched alkanes of at least 4 members (excludes halogenated alkanes) is 5. The van der Waals surface area contributed by atoms with Crippen molar-refractivity contribution >= 4 is 45.0 Å². The van der Waals surface area contributed by atoms with E-state index in [0.29, 0.717) is 18.8 Å². The molecule has 1 aromatic carbocycles. The first-order valence-corrected chi connectivity index (χ1v) is 16.4. The Hall–Kier alpha value is -3.17. The molecule has 3 amide bonds. The number of aliphatic hydroxyl groups is 1. The van der Waals surface area contributed by atoms with E-state index in [1.165, 1.54) is 0 Å². The lowest BCUT2D eigenvalue weighted by Crippen LogP contribution is -2.42. The number of rotatable bonds is 15. The van der Waals surface area contributed by atoms with Crippen molar-refractivity contribution in [1.29, 1.82) is 0 Å². The molecule has 0 radical (unpaired) electrons. The van der Waals surface area contributed by atoms with Crippen molar-refractivity contribution in [3.05, 3.63) is 53.0 Å². The van der Waals surface area contributed by atoms with Crippen LogP contribution in [-0.2, 0) is 16.1 Å². The van der Waals surface area contributed by atoms with Gasteiger partial charge in [-0.3, -0.25) is 14.4 Å². The van der Waals surface area contributed by atoms with Gasteiger partial charge < -0.3 is 25.2 Å². The van der Waals surface area contributed by atoms with Crippen LogP contribution in [0.5, 0.6) is 0 Å². The minimum atomic E-state index is -0.170. The third-order valence-corrected chi connectivity index (χ3v) is 9.15. The van der Waals surface area contributed by atoms with E-state index in [0.717, 1.165) is 85.7 Å². The first-order chi connectivity index (χ1) is 20.4. The summed E-state index contributed by atoms with van der Waals surface area (Å²) in [7, 11) is 0. The average Bonchev–Trinajstić information content (AvgIpc) is 3.58. The van der Waals surface area contributed by atoms with Crippen molar-refractivity contribution in [3.8, 4) is 0 Å². The molecule has 3 aromatic rings. The first kappa shape index (κ1) is 31.8. The zero-order valence-electron chi connectivity index (χ0n) is 25.1. The molecule has 228 valence electrons. The molecule has 1 aliphatic carbocycles. The number of benzene rings is 1. The van der Waals surface area contributed by atoms with Crippen LogP contribution < -0.4 is 15.5 Å². The number of nitrogens with zero attached hydrogens (tertiary/aromatic N) is 2. The number of amides is 3. The van der Waals surface area contributed by atoms with Crippen LogP contribution in [0.15, 0.2) is 41.8 Å². The van der Waals surface area contributed by atoms with Gasteiger partial charge in [0.05, 0.1) is 10.2 Å². The Morgan fingerprint density at radius 2 is 1.74 bits per heavy atom. The summed E-state index contributed by atoms with van der Waals surface area (Å²) in [6.45, 7) is 5.57. The molecule has 1 aliphatic rings. The number of carbonyl (C=O) groups excluding carboxylic acids is 3. The lowest BCUT2D eigenvalue weighted by atomic mass is 9.85. The molecule has 3 N–H and O–H groups in total. The van der Waals surface area contributed by atoms with Crippen LogP contribution in [0.1, 0.15) is 87.2 Å². The molecule has 0 spiro atoms. The highest BCUT2D eigenvalue weighted by Gasteiger charge is 2.28. The molecular formula is C33H46N4O4S. The Kier molecular flexibility index (Phi) is 12.0. The molecule has 2 aromatic heterocycles. The maximum atomic E-state index is 13.5. The normalized spacial score (nSPS) is 16.8. The quantitative estimate of drug-likeness (QED) is 0.194. The summed E-state index contributed by atoms with van der Waals surface area (Å²) in [6.07, 6.45) is 9.33. The van der Waals surface area contributed by atoms with Gasteiger partial charge in [0.25, 0.3) is 5.91 Å². The standard InChI is InChI=1S/C33H46N4O4S/c1-3-36(27-12-10-11-24(2)21-27)31(39)23-37-28-17-20-42-30(28)22-29(37)33(41)35-26-15-13-25(14-16-26)32(40)34-18-8-6-4-5-7-9-19-38/h10-12,17,20-22,25-26,38H,3-9,13-16,18-19,23H2,1-2H3,(H,34,40)(H,35,41)/t25-,26-. The highest BCUT2D eigenvalue weighted by Crippen LogP contribution is 2.28. The van der Waals surface area contributed by atoms with E-state index < -0.39 is 0 Å². The fourth-order valence-electron chi connectivity index (χ4n) is 5.91. The molecule has 9 heteroatoms. The van der Waals surface area contributed by atoms with Gasteiger partial charge in [0.1, 0.15) is 12.2 Å². The Labute approximate surface area is 253 Å². The van der Waals surface area contributed by atoms with E-state index >= 15 is 0 Å². The lowest BCUT2D eigenvalue weighted by Gasteiger charge is -2.28. The number of nitrogens with one attached hydrogen (secondary N) is 2. The van der Waals surface area contributed by atoms with Crippen LogP contribution in [0.25, 0.3) is 10.2 Å². The second kappa shape index (κ2) is 15.9. The molecule has 1 fully saturated rings. The number of aromatic nitrogens is 1. The summed E-state index contributed by atoms with van der Waals surface area (Å²) in [5.74, 6) is -0.108. The van der Waals surface area contributed by atoms with Gasteiger partial charge in [0.15, 0.2) is 0 Å². The SMILES string of the molecule is CCN(C(=O)Cn1c(C(=O)N[C@H]2CC[C@H](C(=O)NCCCCCCCCO)CC2)cc2sccc21)c1cccc(C)c1. The summed E-state index contributed by atoms with van der Waals surface area (Å²) in [5, 5.41) is 17.1. The summed E-state index contributed by atoms with van der Waals surface area (Å²) in [5.41, 5.74) is 3.34. The Morgan fingerprint density at radius 1 is 1.00 bits per heavy atom. The highest BCUT2D eigenvalue weighted by molar-refractivity contribution is 7.17. The number of thiophene rings is 1. The van der Waals surface area contributed by atoms with Gasteiger partial charge >= 0.3 is 0 Å². The second-order valence-corrected chi connectivity index (χ2v) is 12.4. The Morgan fingerprint density at radius 3 is 2.45 bits per heavy atom. The molecule has 0 aliphatic heterocycles. The summed E-state index contributed by atoms with van der Waals surface area (Å²) in [6, 6.07) is 11.8. The molecular weight excluding hydrogens is 548 g/mol. The number of hydrogen-bond acceptors (Lipinski definition) is 5. The topological polar surface area (TPSA) is 104 Å². The van der Waals surface area contributed by atoms with Crippen LogP contribution in [0.4, 0.5) is 5.69 Å². The largest absolute Gasteiger partial charge is 0.396 e.